The van der Waals surface area contributed by atoms with Gasteiger partial charge in [-0.1, -0.05) is 6.07 Å². The van der Waals surface area contributed by atoms with Crippen LogP contribution < -0.4 is 5.32 Å². The van der Waals surface area contributed by atoms with Crippen LogP contribution in [-0.4, -0.2) is 27.2 Å². The van der Waals surface area contributed by atoms with Crippen molar-refractivity contribution in [2.75, 3.05) is 5.32 Å². The molecular formula is C19H22N4O. The molecule has 0 amide bonds. The highest BCUT2D eigenvalue weighted by atomic mass is 16.3. The Kier molecular flexibility index (Phi) is 4.77. The Morgan fingerprint density at radius 2 is 2.17 bits per heavy atom. The average Bonchev–Trinajstić information content (AvgIpc) is 2.52. The summed E-state index contributed by atoms with van der Waals surface area (Å²) in [7, 11) is 0. The lowest BCUT2D eigenvalue weighted by Crippen LogP contribution is -2.42. The highest BCUT2D eigenvalue weighted by Crippen LogP contribution is 2.33. The predicted molar refractivity (Wildman–Crippen MR) is 92.5 cm³/mol. The van der Waals surface area contributed by atoms with Crippen LogP contribution in [0.5, 0.6) is 0 Å². The van der Waals surface area contributed by atoms with Crippen LogP contribution in [0.3, 0.4) is 0 Å². The Balaban J connectivity index is 1.80. The van der Waals surface area contributed by atoms with E-state index in [-0.39, 0.29) is 12.1 Å². The van der Waals surface area contributed by atoms with Crippen molar-refractivity contribution in [3.8, 4) is 6.07 Å². The second-order valence-electron chi connectivity index (χ2n) is 6.56. The summed E-state index contributed by atoms with van der Waals surface area (Å²) in [5.41, 5.74) is 3.34. The second-order valence-corrected chi connectivity index (χ2v) is 6.56. The van der Waals surface area contributed by atoms with Crippen molar-refractivity contribution in [2.24, 2.45) is 5.92 Å². The first-order valence-electron chi connectivity index (χ1n) is 8.29. The number of hydrogen-bond acceptors (Lipinski definition) is 5. The minimum atomic E-state index is -0.194. The molecule has 0 aromatic carbocycles. The number of pyridine rings is 2. The van der Waals surface area contributed by atoms with Gasteiger partial charge in [0.25, 0.3) is 0 Å². The molecule has 0 unspecified atom stereocenters. The van der Waals surface area contributed by atoms with E-state index >= 15 is 0 Å². The lowest BCUT2D eigenvalue weighted by atomic mass is 9.76. The van der Waals surface area contributed by atoms with E-state index in [0.29, 0.717) is 11.5 Å². The van der Waals surface area contributed by atoms with Gasteiger partial charge in [-0.3, -0.25) is 4.98 Å². The summed E-state index contributed by atoms with van der Waals surface area (Å²) in [6.07, 6.45) is 4.01. The molecular weight excluding hydrogens is 300 g/mol. The van der Waals surface area contributed by atoms with Gasteiger partial charge < -0.3 is 10.4 Å². The van der Waals surface area contributed by atoms with Crippen LogP contribution in [0.25, 0.3) is 0 Å². The van der Waals surface area contributed by atoms with Gasteiger partial charge in [-0.25, -0.2) is 4.98 Å². The Hall–Kier alpha value is -2.45. The van der Waals surface area contributed by atoms with Crippen LogP contribution >= 0.6 is 0 Å². The average molecular weight is 322 g/mol. The molecule has 124 valence electrons. The summed E-state index contributed by atoms with van der Waals surface area (Å²) >= 11 is 0. The van der Waals surface area contributed by atoms with E-state index in [2.05, 4.69) is 21.4 Å². The number of nitrogens with zero attached hydrogens (tertiary/aromatic N) is 3. The van der Waals surface area contributed by atoms with E-state index in [0.717, 1.165) is 42.0 Å². The van der Waals surface area contributed by atoms with Gasteiger partial charge in [0.05, 0.1) is 17.4 Å². The van der Waals surface area contributed by atoms with E-state index < -0.39 is 0 Å². The summed E-state index contributed by atoms with van der Waals surface area (Å²) in [6, 6.07) is 10.2. The first kappa shape index (κ1) is 16.4. The minimum absolute atomic E-state index is 0.169. The smallest absolute Gasteiger partial charge is 0.126 e. The highest BCUT2D eigenvalue weighted by molar-refractivity contribution is 5.49. The number of hydrogen-bond donors (Lipinski definition) is 2. The van der Waals surface area contributed by atoms with Gasteiger partial charge in [0.15, 0.2) is 0 Å². The van der Waals surface area contributed by atoms with Crippen LogP contribution in [-0.2, 0) is 6.42 Å². The maximum Gasteiger partial charge on any atom is 0.126 e. The van der Waals surface area contributed by atoms with Crippen molar-refractivity contribution in [3.63, 3.8) is 0 Å². The Morgan fingerprint density at radius 3 is 2.75 bits per heavy atom. The number of aryl methyl sites for hydroxylation is 2. The van der Waals surface area contributed by atoms with Crippen LogP contribution in [0.4, 0.5) is 5.82 Å². The molecule has 5 heteroatoms. The third kappa shape index (κ3) is 3.55. The van der Waals surface area contributed by atoms with E-state index in [9.17, 15) is 10.4 Å². The molecule has 5 nitrogen and oxygen atoms in total. The SMILES string of the molecule is Cc1cc(N[C@@H](Cc2ccccn2)C2CC(O)C2)nc(C)c1C#N. The van der Waals surface area contributed by atoms with Gasteiger partial charge in [0.2, 0.25) is 0 Å². The van der Waals surface area contributed by atoms with E-state index in [1.807, 2.05) is 38.1 Å². The number of nitrogens with one attached hydrogen (secondary N) is 1. The number of aliphatic hydroxyl groups excluding tert-OH is 1. The Labute approximate surface area is 142 Å². The van der Waals surface area contributed by atoms with Crippen LogP contribution in [0.1, 0.15) is 35.4 Å². The van der Waals surface area contributed by atoms with Gasteiger partial charge in [-0.2, -0.15) is 5.26 Å². The zero-order valence-corrected chi connectivity index (χ0v) is 14.0. The molecule has 0 saturated heterocycles. The molecule has 0 aliphatic heterocycles. The van der Waals surface area contributed by atoms with Crippen molar-refractivity contribution in [2.45, 2.75) is 45.3 Å². The number of anilines is 1. The summed E-state index contributed by atoms with van der Waals surface area (Å²) in [5.74, 6) is 1.19. The molecule has 3 rings (SSSR count). The number of rotatable bonds is 5. The van der Waals surface area contributed by atoms with Crippen LogP contribution in [0.2, 0.25) is 0 Å². The number of aliphatic hydroxyl groups is 1. The minimum Gasteiger partial charge on any atom is -0.393 e. The quantitative estimate of drug-likeness (QED) is 0.884. The van der Waals surface area contributed by atoms with Gasteiger partial charge in [0.1, 0.15) is 11.9 Å². The normalized spacial score (nSPS) is 20.8. The molecule has 24 heavy (non-hydrogen) atoms. The highest BCUT2D eigenvalue weighted by Gasteiger charge is 2.34. The second kappa shape index (κ2) is 6.98. The van der Waals surface area contributed by atoms with Gasteiger partial charge in [-0.15, -0.1) is 0 Å². The molecule has 0 radical (unpaired) electrons. The largest absolute Gasteiger partial charge is 0.393 e. The Morgan fingerprint density at radius 1 is 1.38 bits per heavy atom. The standard InChI is InChI=1S/C19H22N4O/c1-12-7-19(22-13(2)17(12)11-20)23-18(14-8-16(24)9-14)10-15-5-3-4-6-21-15/h3-7,14,16,18,24H,8-10H2,1-2H3,(H,22,23)/t14?,16?,18-/m0/s1. The maximum atomic E-state index is 9.66. The summed E-state index contributed by atoms with van der Waals surface area (Å²) in [4.78, 5) is 8.95. The molecule has 2 aromatic rings. The summed E-state index contributed by atoms with van der Waals surface area (Å²) in [6.45, 7) is 3.79. The third-order valence-electron chi connectivity index (χ3n) is 4.72. The van der Waals surface area contributed by atoms with Crippen LogP contribution in [0.15, 0.2) is 30.5 Å². The van der Waals surface area contributed by atoms with Gasteiger partial charge in [0, 0.05) is 24.4 Å². The molecule has 2 aromatic heterocycles. The fraction of sp³-hybridized carbons (Fsp3) is 0.421. The van der Waals surface area contributed by atoms with Crippen molar-refractivity contribution in [1.82, 2.24) is 9.97 Å². The van der Waals surface area contributed by atoms with Gasteiger partial charge >= 0.3 is 0 Å². The predicted octanol–water partition coefficient (Wildman–Crippen LogP) is 2.76. The topological polar surface area (TPSA) is 81.8 Å². The number of aromatic nitrogens is 2. The fourth-order valence-corrected chi connectivity index (χ4v) is 3.30. The zero-order valence-electron chi connectivity index (χ0n) is 14.0. The first-order valence-corrected chi connectivity index (χ1v) is 8.29. The summed E-state index contributed by atoms with van der Waals surface area (Å²) in [5, 5.41) is 22.4. The molecule has 1 aliphatic carbocycles. The van der Waals surface area contributed by atoms with Crippen molar-refractivity contribution < 1.29 is 5.11 Å². The molecule has 0 spiro atoms. The molecule has 0 bridgehead atoms. The third-order valence-corrected chi connectivity index (χ3v) is 4.72. The van der Waals surface area contributed by atoms with E-state index in [4.69, 9.17) is 0 Å². The molecule has 2 heterocycles. The molecule has 1 atom stereocenters. The van der Waals surface area contributed by atoms with E-state index in [1.54, 1.807) is 6.20 Å². The lowest BCUT2D eigenvalue weighted by Gasteiger charge is -2.38. The van der Waals surface area contributed by atoms with Crippen molar-refractivity contribution in [1.29, 1.82) is 5.26 Å². The Bertz CT molecular complexity index is 725. The van der Waals surface area contributed by atoms with Crippen molar-refractivity contribution >= 4 is 5.82 Å². The lowest BCUT2D eigenvalue weighted by molar-refractivity contribution is 0.0340. The summed E-state index contributed by atoms with van der Waals surface area (Å²) < 4.78 is 0. The van der Waals surface area contributed by atoms with Crippen LogP contribution in [0, 0.1) is 31.1 Å². The maximum absolute atomic E-state index is 9.66. The monoisotopic (exact) mass is 322 g/mol. The first-order chi connectivity index (χ1) is 11.6. The molecule has 1 aliphatic rings. The fourth-order valence-electron chi connectivity index (χ4n) is 3.30. The number of nitriles is 1. The molecule has 1 saturated carbocycles. The molecule has 1 fully saturated rings. The van der Waals surface area contributed by atoms with Crippen molar-refractivity contribution in [3.05, 3.63) is 53.0 Å². The van der Waals surface area contributed by atoms with Gasteiger partial charge in [-0.05, 0) is 56.4 Å². The zero-order chi connectivity index (χ0) is 17.1. The van der Waals surface area contributed by atoms with E-state index in [1.165, 1.54) is 0 Å². The molecule has 2 N–H and O–H groups in total.